The molecule has 0 atom stereocenters. The zero-order valence-electron chi connectivity index (χ0n) is 18.1. The van der Waals surface area contributed by atoms with Gasteiger partial charge in [-0.2, -0.15) is 18.3 Å². The Balaban J connectivity index is 1.41. The molecule has 1 N–H and O–H groups in total. The van der Waals surface area contributed by atoms with Crippen LogP contribution in [0, 0.1) is 0 Å². The number of nitrogens with one attached hydrogen (secondary N) is 1. The first-order valence-corrected chi connectivity index (χ1v) is 10.4. The van der Waals surface area contributed by atoms with Gasteiger partial charge in [0.2, 0.25) is 0 Å². The molecule has 0 aliphatic rings. The van der Waals surface area contributed by atoms with E-state index in [-0.39, 0.29) is 17.9 Å². The van der Waals surface area contributed by atoms with E-state index in [0.717, 1.165) is 22.5 Å². The van der Waals surface area contributed by atoms with Crippen LogP contribution in [-0.2, 0) is 12.8 Å². The highest BCUT2D eigenvalue weighted by Crippen LogP contribution is 2.32. The maximum Gasteiger partial charge on any atom is 0.417 e. The monoisotopic (exact) mass is 463 g/mol. The molecule has 8 heteroatoms. The molecule has 5 nitrogen and oxygen atoms in total. The van der Waals surface area contributed by atoms with Crippen molar-refractivity contribution in [1.82, 2.24) is 10.4 Å². The van der Waals surface area contributed by atoms with Crippen molar-refractivity contribution in [3.8, 4) is 5.75 Å². The van der Waals surface area contributed by atoms with Crippen molar-refractivity contribution in [2.45, 2.75) is 19.7 Å². The largest absolute Gasteiger partial charge is 0.487 e. The highest BCUT2D eigenvalue weighted by Gasteiger charge is 2.33. The van der Waals surface area contributed by atoms with Gasteiger partial charge in [0.25, 0.3) is 5.91 Å². The molecule has 0 aliphatic carbocycles. The normalized spacial score (nSPS) is 11.9. The van der Waals surface area contributed by atoms with Gasteiger partial charge in [-0.1, -0.05) is 48.5 Å². The Morgan fingerprint density at radius 3 is 2.47 bits per heavy atom. The van der Waals surface area contributed by atoms with Crippen LogP contribution in [0.5, 0.6) is 5.75 Å². The van der Waals surface area contributed by atoms with Crippen LogP contribution in [0.15, 0.2) is 90.2 Å². The summed E-state index contributed by atoms with van der Waals surface area (Å²) in [5.74, 6) is 0.124. The van der Waals surface area contributed by atoms with Crippen LogP contribution in [-0.4, -0.2) is 16.6 Å². The van der Waals surface area contributed by atoms with Crippen LogP contribution in [0.25, 0.3) is 10.9 Å². The maximum absolute atomic E-state index is 13.2. The second kappa shape index (κ2) is 9.74. The number of hydrogen-bond donors (Lipinski definition) is 1. The third kappa shape index (κ3) is 5.23. The number of carbonyl (C=O) groups excluding carboxylic acids is 1. The summed E-state index contributed by atoms with van der Waals surface area (Å²) in [4.78, 5) is 16.8. The van der Waals surface area contributed by atoms with Crippen molar-refractivity contribution in [2.24, 2.45) is 5.10 Å². The predicted octanol–water partition coefficient (Wildman–Crippen LogP) is 5.99. The minimum atomic E-state index is -4.52. The molecule has 0 fully saturated rings. The van der Waals surface area contributed by atoms with Gasteiger partial charge in [0.1, 0.15) is 17.9 Å². The lowest BCUT2D eigenvalue weighted by Gasteiger charge is -2.12. The smallest absolute Gasteiger partial charge is 0.417 e. The summed E-state index contributed by atoms with van der Waals surface area (Å²) >= 11 is 0. The van der Waals surface area contributed by atoms with Crippen LogP contribution in [0.2, 0.25) is 0 Å². The SMILES string of the molecule is CC(=NNC(=O)c1ccc(COc2cccc3cccnc23)cc1)c1ccccc1C(F)(F)F. The molecule has 0 bridgehead atoms. The molecule has 4 rings (SSSR count). The number of hydrogen-bond acceptors (Lipinski definition) is 4. The molecule has 3 aromatic carbocycles. The van der Waals surface area contributed by atoms with E-state index in [2.05, 4.69) is 15.5 Å². The first kappa shape index (κ1) is 23.0. The number of ether oxygens (including phenoxy) is 1. The number of aromatic nitrogens is 1. The highest BCUT2D eigenvalue weighted by atomic mass is 19.4. The van der Waals surface area contributed by atoms with E-state index in [9.17, 15) is 18.0 Å². The third-order valence-electron chi connectivity index (χ3n) is 5.15. The van der Waals surface area contributed by atoms with Crippen LogP contribution < -0.4 is 10.2 Å². The molecule has 34 heavy (non-hydrogen) atoms. The summed E-state index contributed by atoms with van der Waals surface area (Å²) < 4.78 is 45.5. The molecule has 0 radical (unpaired) electrons. The van der Waals surface area contributed by atoms with Gasteiger partial charge in [-0.3, -0.25) is 9.78 Å². The van der Waals surface area contributed by atoms with Gasteiger partial charge < -0.3 is 4.74 Å². The number of amides is 1. The second-order valence-electron chi connectivity index (χ2n) is 7.50. The zero-order chi connectivity index (χ0) is 24.1. The summed E-state index contributed by atoms with van der Waals surface area (Å²) in [5, 5.41) is 4.83. The van der Waals surface area contributed by atoms with Crippen LogP contribution in [0.4, 0.5) is 13.2 Å². The summed E-state index contributed by atoms with van der Waals surface area (Å²) in [7, 11) is 0. The minimum Gasteiger partial charge on any atom is -0.487 e. The van der Waals surface area contributed by atoms with Gasteiger partial charge >= 0.3 is 6.18 Å². The van der Waals surface area contributed by atoms with Gasteiger partial charge in [0.05, 0.1) is 11.3 Å². The Morgan fingerprint density at radius 2 is 1.71 bits per heavy atom. The van der Waals surface area contributed by atoms with E-state index < -0.39 is 17.6 Å². The number of fused-ring (bicyclic) bond motifs is 1. The molecular weight excluding hydrogens is 443 g/mol. The molecule has 1 aromatic heterocycles. The minimum absolute atomic E-state index is 0.0509. The van der Waals surface area contributed by atoms with Crippen LogP contribution in [0.1, 0.15) is 34.0 Å². The van der Waals surface area contributed by atoms with E-state index in [1.165, 1.54) is 25.1 Å². The van der Waals surface area contributed by atoms with Crippen molar-refractivity contribution < 1.29 is 22.7 Å². The number of rotatable bonds is 6. The van der Waals surface area contributed by atoms with Crippen molar-refractivity contribution in [3.63, 3.8) is 0 Å². The molecule has 4 aromatic rings. The second-order valence-corrected chi connectivity index (χ2v) is 7.50. The number of hydrazone groups is 1. The lowest BCUT2D eigenvalue weighted by Crippen LogP contribution is -2.20. The number of nitrogens with zero attached hydrogens (tertiary/aromatic N) is 2. The van der Waals surface area contributed by atoms with Crippen LogP contribution in [0.3, 0.4) is 0 Å². The molecule has 0 spiro atoms. The highest BCUT2D eigenvalue weighted by molar-refractivity contribution is 6.02. The van der Waals surface area contributed by atoms with Crippen molar-refractivity contribution >= 4 is 22.5 Å². The average Bonchev–Trinajstić information content (AvgIpc) is 2.85. The molecule has 0 saturated heterocycles. The van der Waals surface area contributed by atoms with E-state index in [4.69, 9.17) is 4.74 Å². The lowest BCUT2D eigenvalue weighted by atomic mass is 10.0. The number of halogens is 3. The Hall–Kier alpha value is -4.20. The fraction of sp³-hybridized carbons (Fsp3) is 0.115. The first-order chi connectivity index (χ1) is 16.3. The molecule has 0 aliphatic heterocycles. The summed E-state index contributed by atoms with van der Waals surface area (Å²) in [6.45, 7) is 1.69. The fourth-order valence-corrected chi connectivity index (χ4v) is 3.41. The number of carbonyl (C=O) groups is 1. The van der Waals surface area contributed by atoms with Gasteiger partial charge in [0.15, 0.2) is 0 Å². The quantitative estimate of drug-likeness (QED) is 0.282. The Labute approximate surface area is 193 Å². The molecule has 0 unspecified atom stereocenters. The van der Waals surface area contributed by atoms with Gasteiger partial charge in [-0.15, -0.1) is 0 Å². The Kier molecular flexibility index (Phi) is 6.58. The summed E-state index contributed by atoms with van der Waals surface area (Å²) in [6.07, 6.45) is -2.81. The van der Waals surface area contributed by atoms with Gasteiger partial charge in [-0.25, -0.2) is 5.43 Å². The summed E-state index contributed by atoms with van der Waals surface area (Å²) in [5.41, 5.74) is 3.38. The van der Waals surface area contributed by atoms with E-state index in [1.54, 1.807) is 30.5 Å². The van der Waals surface area contributed by atoms with Crippen LogP contribution >= 0.6 is 0 Å². The standard InChI is InChI=1S/C26H20F3N3O2/c1-17(21-8-2-3-9-22(21)26(27,28)29)31-32-25(33)20-13-11-18(12-14-20)16-34-23-10-4-6-19-7-5-15-30-24(19)23/h2-15H,16H2,1H3,(H,32,33). The number of pyridine rings is 1. The van der Waals surface area contributed by atoms with Gasteiger partial charge in [-0.05, 0) is 42.8 Å². The fourth-order valence-electron chi connectivity index (χ4n) is 3.41. The topological polar surface area (TPSA) is 63.6 Å². The number of para-hydroxylation sites is 1. The molecular formula is C26H20F3N3O2. The Morgan fingerprint density at radius 1 is 0.971 bits per heavy atom. The number of benzene rings is 3. The van der Waals surface area contributed by atoms with Crippen molar-refractivity contribution in [1.29, 1.82) is 0 Å². The first-order valence-electron chi connectivity index (χ1n) is 10.4. The van der Waals surface area contributed by atoms with E-state index >= 15 is 0 Å². The van der Waals surface area contributed by atoms with Crippen molar-refractivity contribution in [3.05, 3.63) is 107 Å². The molecule has 172 valence electrons. The van der Waals surface area contributed by atoms with E-state index in [1.807, 2.05) is 30.3 Å². The molecule has 1 amide bonds. The summed E-state index contributed by atoms with van der Waals surface area (Å²) in [6, 6.07) is 21.3. The zero-order valence-corrected chi connectivity index (χ0v) is 18.1. The predicted molar refractivity (Wildman–Crippen MR) is 124 cm³/mol. The van der Waals surface area contributed by atoms with Gasteiger partial charge in [0, 0.05) is 22.7 Å². The Bertz CT molecular complexity index is 1340. The third-order valence-corrected chi connectivity index (χ3v) is 5.15. The molecule has 0 saturated carbocycles. The average molecular weight is 463 g/mol. The molecule has 1 heterocycles. The van der Waals surface area contributed by atoms with Crippen molar-refractivity contribution in [2.75, 3.05) is 0 Å². The lowest BCUT2D eigenvalue weighted by molar-refractivity contribution is -0.137. The van der Waals surface area contributed by atoms with E-state index in [0.29, 0.717) is 11.3 Å². The maximum atomic E-state index is 13.2. The number of alkyl halides is 3.